The molecule has 1 aliphatic heterocycles. The smallest absolute Gasteiger partial charge is 0.169 e. The van der Waals surface area contributed by atoms with Crippen LogP contribution in [-0.2, 0) is 6.42 Å². The predicted octanol–water partition coefficient (Wildman–Crippen LogP) is 1.74. The summed E-state index contributed by atoms with van der Waals surface area (Å²) in [5.74, 6) is 1.61. The highest BCUT2D eigenvalue weighted by Gasteiger charge is 2.25. The molecule has 0 bridgehead atoms. The van der Waals surface area contributed by atoms with Crippen molar-refractivity contribution in [3.63, 3.8) is 0 Å². The molecule has 3 rings (SSSR count). The molecule has 0 radical (unpaired) electrons. The normalized spacial score (nSPS) is 17.9. The molecule has 2 aromatic rings. The van der Waals surface area contributed by atoms with Crippen LogP contribution in [0.15, 0.2) is 36.7 Å². The molecule has 80 valence electrons. The first-order valence-corrected chi connectivity index (χ1v) is 5.15. The van der Waals surface area contributed by atoms with E-state index in [1.807, 2.05) is 18.2 Å². The van der Waals surface area contributed by atoms with Gasteiger partial charge in [0, 0.05) is 6.42 Å². The number of rotatable bonds is 1. The van der Waals surface area contributed by atoms with Crippen LogP contribution in [-0.4, -0.2) is 9.97 Å². The van der Waals surface area contributed by atoms with E-state index in [2.05, 4.69) is 16.0 Å². The Morgan fingerprint density at radius 1 is 1.19 bits per heavy atom. The van der Waals surface area contributed by atoms with Gasteiger partial charge >= 0.3 is 0 Å². The molecule has 16 heavy (non-hydrogen) atoms. The first kappa shape index (κ1) is 9.15. The molecule has 0 amide bonds. The number of anilines is 1. The molecule has 2 heterocycles. The van der Waals surface area contributed by atoms with Crippen molar-refractivity contribution in [1.29, 1.82) is 0 Å². The van der Waals surface area contributed by atoms with Crippen LogP contribution in [0, 0.1) is 0 Å². The van der Waals surface area contributed by atoms with Gasteiger partial charge in [-0.3, -0.25) is 0 Å². The molecule has 0 fully saturated rings. The van der Waals surface area contributed by atoms with E-state index in [1.165, 1.54) is 5.56 Å². The van der Waals surface area contributed by atoms with Crippen LogP contribution in [0.5, 0.6) is 5.75 Å². The molecule has 4 heteroatoms. The summed E-state index contributed by atoms with van der Waals surface area (Å²) < 4.78 is 5.77. The van der Waals surface area contributed by atoms with Crippen LogP contribution in [0.25, 0.3) is 0 Å². The van der Waals surface area contributed by atoms with Crippen LogP contribution in [0.2, 0.25) is 0 Å². The van der Waals surface area contributed by atoms with E-state index in [4.69, 9.17) is 10.5 Å². The third kappa shape index (κ3) is 1.48. The van der Waals surface area contributed by atoms with Crippen molar-refractivity contribution >= 4 is 5.69 Å². The van der Waals surface area contributed by atoms with Crippen LogP contribution in [0.4, 0.5) is 5.69 Å². The Kier molecular flexibility index (Phi) is 1.99. The molecule has 0 saturated heterocycles. The minimum atomic E-state index is -0.0852. The predicted molar refractivity (Wildman–Crippen MR) is 60.0 cm³/mol. The fourth-order valence-electron chi connectivity index (χ4n) is 1.84. The summed E-state index contributed by atoms with van der Waals surface area (Å²) in [7, 11) is 0. The average molecular weight is 213 g/mol. The van der Waals surface area contributed by atoms with E-state index < -0.39 is 0 Å². The third-order valence-corrected chi connectivity index (χ3v) is 2.63. The van der Waals surface area contributed by atoms with Gasteiger partial charge in [-0.05, 0) is 11.6 Å². The second kappa shape index (κ2) is 3.48. The second-order valence-corrected chi connectivity index (χ2v) is 3.79. The fraction of sp³-hybridized carbons (Fsp3) is 0.167. The lowest BCUT2D eigenvalue weighted by Crippen LogP contribution is -2.08. The molecule has 4 nitrogen and oxygen atoms in total. The quantitative estimate of drug-likeness (QED) is 0.783. The summed E-state index contributed by atoms with van der Waals surface area (Å²) >= 11 is 0. The number of para-hydroxylation sites is 1. The maximum Gasteiger partial charge on any atom is 0.169 e. The van der Waals surface area contributed by atoms with E-state index in [-0.39, 0.29) is 6.10 Å². The van der Waals surface area contributed by atoms with Gasteiger partial charge in [-0.25, -0.2) is 9.97 Å². The molecule has 2 N–H and O–H groups in total. The monoisotopic (exact) mass is 213 g/mol. The van der Waals surface area contributed by atoms with Gasteiger partial charge in [0.15, 0.2) is 11.9 Å². The summed E-state index contributed by atoms with van der Waals surface area (Å²) in [6, 6.07) is 8.00. The van der Waals surface area contributed by atoms with Crippen molar-refractivity contribution < 1.29 is 4.74 Å². The summed E-state index contributed by atoms with van der Waals surface area (Å²) in [5, 5.41) is 0. The van der Waals surface area contributed by atoms with E-state index in [9.17, 15) is 0 Å². The van der Waals surface area contributed by atoms with Crippen molar-refractivity contribution in [2.75, 3.05) is 5.73 Å². The van der Waals surface area contributed by atoms with Gasteiger partial charge in [-0.2, -0.15) is 0 Å². The first-order chi connectivity index (χ1) is 7.83. The molecular formula is C12H11N3O. The Labute approximate surface area is 93.1 Å². The third-order valence-electron chi connectivity index (χ3n) is 2.63. The zero-order valence-corrected chi connectivity index (χ0v) is 8.63. The Balaban J connectivity index is 1.88. The van der Waals surface area contributed by atoms with Crippen LogP contribution in [0.1, 0.15) is 17.5 Å². The van der Waals surface area contributed by atoms with Gasteiger partial charge in [0.25, 0.3) is 0 Å². The summed E-state index contributed by atoms with van der Waals surface area (Å²) in [6.07, 6.45) is 3.95. The maximum atomic E-state index is 5.77. The summed E-state index contributed by atoms with van der Waals surface area (Å²) in [6.45, 7) is 0. The van der Waals surface area contributed by atoms with Crippen LogP contribution < -0.4 is 10.5 Å². The SMILES string of the molecule is Nc1cnc(C2Cc3ccccc3O2)nc1. The molecule has 1 unspecified atom stereocenters. The lowest BCUT2D eigenvalue weighted by molar-refractivity contribution is 0.227. The highest BCUT2D eigenvalue weighted by molar-refractivity contribution is 5.38. The van der Waals surface area contributed by atoms with Gasteiger partial charge < -0.3 is 10.5 Å². The highest BCUT2D eigenvalue weighted by atomic mass is 16.5. The number of aromatic nitrogens is 2. The van der Waals surface area contributed by atoms with Gasteiger partial charge in [0.1, 0.15) is 5.75 Å². The van der Waals surface area contributed by atoms with E-state index in [1.54, 1.807) is 12.4 Å². The zero-order chi connectivity index (χ0) is 11.0. The van der Waals surface area contributed by atoms with Gasteiger partial charge in [-0.1, -0.05) is 18.2 Å². The number of ether oxygens (including phenoxy) is 1. The molecular weight excluding hydrogens is 202 g/mol. The van der Waals surface area contributed by atoms with E-state index in [0.29, 0.717) is 11.5 Å². The lowest BCUT2D eigenvalue weighted by atomic mass is 10.1. The van der Waals surface area contributed by atoms with Crippen LogP contribution >= 0.6 is 0 Å². The number of nitrogen functional groups attached to an aromatic ring is 1. The topological polar surface area (TPSA) is 61.0 Å². The molecule has 0 saturated carbocycles. The molecule has 0 aliphatic carbocycles. The molecule has 0 spiro atoms. The number of benzene rings is 1. The average Bonchev–Trinajstić information content (AvgIpc) is 2.73. The van der Waals surface area contributed by atoms with Crippen molar-refractivity contribution in [1.82, 2.24) is 9.97 Å². The van der Waals surface area contributed by atoms with Crippen molar-refractivity contribution in [3.8, 4) is 5.75 Å². The Hall–Kier alpha value is -2.10. The number of fused-ring (bicyclic) bond motifs is 1. The fourth-order valence-corrected chi connectivity index (χ4v) is 1.84. The number of hydrogen-bond acceptors (Lipinski definition) is 4. The Morgan fingerprint density at radius 3 is 2.69 bits per heavy atom. The Bertz CT molecular complexity index is 485. The van der Waals surface area contributed by atoms with Crippen LogP contribution in [0.3, 0.4) is 0 Å². The maximum absolute atomic E-state index is 5.77. The van der Waals surface area contributed by atoms with Gasteiger partial charge in [0.05, 0.1) is 18.1 Å². The largest absolute Gasteiger partial charge is 0.482 e. The first-order valence-electron chi connectivity index (χ1n) is 5.15. The van der Waals surface area contributed by atoms with Crippen molar-refractivity contribution in [3.05, 3.63) is 48.0 Å². The zero-order valence-electron chi connectivity index (χ0n) is 8.63. The molecule has 1 aliphatic rings. The van der Waals surface area contributed by atoms with Gasteiger partial charge in [-0.15, -0.1) is 0 Å². The standard InChI is InChI=1S/C12H11N3O/c13-9-6-14-12(15-7-9)11-5-8-3-1-2-4-10(8)16-11/h1-4,6-7,11H,5,13H2. The lowest BCUT2D eigenvalue weighted by Gasteiger charge is -2.08. The number of hydrogen-bond donors (Lipinski definition) is 1. The molecule has 1 aromatic heterocycles. The van der Waals surface area contributed by atoms with E-state index >= 15 is 0 Å². The molecule has 1 atom stereocenters. The summed E-state index contributed by atoms with van der Waals surface area (Å²) in [4.78, 5) is 8.36. The number of nitrogens with zero attached hydrogens (tertiary/aromatic N) is 2. The number of nitrogens with two attached hydrogens (primary N) is 1. The minimum Gasteiger partial charge on any atom is -0.482 e. The van der Waals surface area contributed by atoms with Crippen molar-refractivity contribution in [2.24, 2.45) is 0 Å². The highest BCUT2D eigenvalue weighted by Crippen LogP contribution is 2.34. The summed E-state index contributed by atoms with van der Waals surface area (Å²) in [5.41, 5.74) is 7.31. The molecule has 1 aromatic carbocycles. The minimum absolute atomic E-state index is 0.0852. The Morgan fingerprint density at radius 2 is 1.94 bits per heavy atom. The van der Waals surface area contributed by atoms with E-state index in [0.717, 1.165) is 12.2 Å². The second-order valence-electron chi connectivity index (χ2n) is 3.79. The van der Waals surface area contributed by atoms with Gasteiger partial charge in [0.2, 0.25) is 0 Å². The van der Waals surface area contributed by atoms with Crippen molar-refractivity contribution in [2.45, 2.75) is 12.5 Å².